The number of nitrogens with two attached hydrogens (primary N) is 1. The number of aryl methyl sites for hydroxylation is 1. The Kier molecular flexibility index (Phi) is 4.74. The van der Waals surface area contributed by atoms with Gasteiger partial charge in [0.25, 0.3) is 5.91 Å². The van der Waals surface area contributed by atoms with Gasteiger partial charge in [0.05, 0.1) is 5.56 Å². The number of aromatic nitrogens is 1. The number of hydrogen-bond acceptors (Lipinski definition) is 3. The van der Waals surface area contributed by atoms with E-state index in [1.165, 1.54) is 11.1 Å². The Bertz CT molecular complexity index is 628. The number of nitrogens with one attached hydrogen (secondary N) is 1. The topological polar surface area (TPSA) is 68.0 Å². The van der Waals surface area contributed by atoms with Crippen molar-refractivity contribution in [1.29, 1.82) is 0 Å². The summed E-state index contributed by atoms with van der Waals surface area (Å²) in [6.07, 6.45) is 2.35. The minimum Gasteiger partial charge on any atom is -0.383 e. The van der Waals surface area contributed by atoms with Crippen molar-refractivity contribution in [2.75, 3.05) is 12.3 Å². The highest BCUT2D eigenvalue weighted by atomic mass is 79.9. The Labute approximate surface area is 126 Å². The molecule has 0 saturated carbocycles. The summed E-state index contributed by atoms with van der Waals surface area (Å²) < 4.78 is 0.732. The zero-order valence-corrected chi connectivity index (χ0v) is 12.8. The minimum absolute atomic E-state index is 0.205. The summed E-state index contributed by atoms with van der Waals surface area (Å²) in [5.41, 5.74) is 8.51. The second-order valence-corrected chi connectivity index (χ2v) is 5.50. The Morgan fingerprint density at radius 2 is 2.20 bits per heavy atom. The van der Waals surface area contributed by atoms with Crippen molar-refractivity contribution in [2.45, 2.75) is 13.3 Å². The molecular weight excluding hydrogens is 318 g/mol. The molecule has 0 fully saturated rings. The molecule has 3 N–H and O–H groups in total. The van der Waals surface area contributed by atoms with Crippen LogP contribution in [0.3, 0.4) is 0 Å². The largest absolute Gasteiger partial charge is 0.383 e. The molecule has 4 nitrogen and oxygen atoms in total. The standard InChI is InChI=1S/C15H16BrN3O/c1-10-3-2-4-11(7-10)5-6-18-15(20)13-8-12(16)9-19-14(13)17/h2-4,7-9H,5-6H2,1H3,(H2,17,19)(H,18,20). The number of hydrogen-bond donors (Lipinski definition) is 2. The van der Waals surface area contributed by atoms with E-state index in [1.54, 1.807) is 12.3 Å². The van der Waals surface area contributed by atoms with Gasteiger partial charge in [-0.25, -0.2) is 4.98 Å². The minimum atomic E-state index is -0.205. The lowest BCUT2D eigenvalue weighted by atomic mass is 10.1. The molecule has 1 heterocycles. The number of pyridine rings is 1. The van der Waals surface area contributed by atoms with E-state index in [9.17, 15) is 4.79 Å². The fourth-order valence-electron chi connectivity index (χ4n) is 1.91. The van der Waals surface area contributed by atoms with E-state index in [0.29, 0.717) is 12.1 Å². The van der Waals surface area contributed by atoms with Gasteiger partial charge in [0.15, 0.2) is 0 Å². The van der Waals surface area contributed by atoms with E-state index in [-0.39, 0.29) is 11.7 Å². The normalized spacial score (nSPS) is 10.3. The smallest absolute Gasteiger partial charge is 0.255 e. The van der Waals surface area contributed by atoms with Crippen molar-refractivity contribution in [2.24, 2.45) is 0 Å². The quantitative estimate of drug-likeness (QED) is 0.903. The molecule has 1 amide bonds. The molecule has 0 bridgehead atoms. The fraction of sp³-hybridized carbons (Fsp3) is 0.200. The van der Waals surface area contributed by atoms with Crippen LogP contribution < -0.4 is 11.1 Å². The first kappa shape index (κ1) is 14.5. The highest BCUT2D eigenvalue weighted by molar-refractivity contribution is 9.10. The molecule has 2 rings (SSSR count). The van der Waals surface area contributed by atoms with Gasteiger partial charge in [-0.2, -0.15) is 0 Å². The first-order valence-electron chi connectivity index (χ1n) is 6.31. The molecule has 1 aromatic carbocycles. The predicted molar refractivity (Wildman–Crippen MR) is 83.6 cm³/mol. The molecule has 0 aliphatic carbocycles. The van der Waals surface area contributed by atoms with Crippen LogP contribution >= 0.6 is 15.9 Å². The average Bonchev–Trinajstić information content (AvgIpc) is 2.41. The summed E-state index contributed by atoms with van der Waals surface area (Å²) in [7, 11) is 0. The Morgan fingerprint density at radius 3 is 2.95 bits per heavy atom. The molecule has 0 unspecified atom stereocenters. The molecular formula is C15H16BrN3O. The number of carbonyl (C=O) groups is 1. The van der Waals surface area contributed by atoms with Crippen molar-refractivity contribution in [1.82, 2.24) is 10.3 Å². The van der Waals surface area contributed by atoms with E-state index in [2.05, 4.69) is 45.3 Å². The van der Waals surface area contributed by atoms with Crippen LogP contribution in [0.2, 0.25) is 0 Å². The van der Waals surface area contributed by atoms with E-state index in [4.69, 9.17) is 5.73 Å². The van der Waals surface area contributed by atoms with Gasteiger partial charge in [-0.3, -0.25) is 4.79 Å². The zero-order valence-electron chi connectivity index (χ0n) is 11.2. The van der Waals surface area contributed by atoms with Gasteiger partial charge >= 0.3 is 0 Å². The van der Waals surface area contributed by atoms with Crippen LogP contribution in [0.15, 0.2) is 41.0 Å². The fourth-order valence-corrected chi connectivity index (χ4v) is 2.25. The van der Waals surface area contributed by atoms with E-state index < -0.39 is 0 Å². The summed E-state index contributed by atoms with van der Waals surface area (Å²) in [6, 6.07) is 9.90. The number of rotatable bonds is 4. The van der Waals surface area contributed by atoms with Crippen molar-refractivity contribution in [3.8, 4) is 0 Å². The van der Waals surface area contributed by atoms with Crippen molar-refractivity contribution in [3.63, 3.8) is 0 Å². The lowest BCUT2D eigenvalue weighted by molar-refractivity contribution is 0.0954. The number of carbonyl (C=O) groups excluding carboxylic acids is 1. The van der Waals surface area contributed by atoms with Gasteiger partial charge in [-0.1, -0.05) is 29.8 Å². The maximum atomic E-state index is 12.0. The summed E-state index contributed by atoms with van der Waals surface area (Å²) in [4.78, 5) is 16.0. The number of amides is 1. The van der Waals surface area contributed by atoms with Gasteiger partial charge in [-0.05, 0) is 40.9 Å². The van der Waals surface area contributed by atoms with Crippen LogP contribution in [0.5, 0.6) is 0 Å². The van der Waals surface area contributed by atoms with E-state index >= 15 is 0 Å². The van der Waals surface area contributed by atoms with Crippen LogP contribution in [0.1, 0.15) is 21.5 Å². The predicted octanol–water partition coefficient (Wildman–Crippen LogP) is 2.71. The van der Waals surface area contributed by atoms with Gasteiger partial charge in [0.2, 0.25) is 0 Å². The van der Waals surface area contributed by atoms with Gasteiger partial charge in [-0.15, -0.1) is 0 Å². The number of benzene rings is 1. The molecule has 0 saturated heterocycles. The Morgan fingerprint density at radius 1 is 1.40 bits per heavy atom. The van der Waals surface area contributed by atoms with Gasteiger partial charge in [0.1, 0.15) is 5.82 Å². The van der Waals surface area contributed by atoms with Crippen LogP contribution in [0.4, 0.5) is 5.82 Å². The lowest BCUT2D eigenvalue weighted by Gasteiger charge is -2.08. The van der Waals surface area contributed by atoms with Crippen molar-refractivity contribution < 1.29 is 4.79 Å². The Hall–Kier alpha value is -1.88. The molecule has 0 atom stereocenters. The second-order valence-electron chi connectivity index (χ2n) is 4.58. The zero-order chi connectivity index (χ0) is 14.5. The number of nitrogens with zero attached hydrogens (tertiary/aromatic N) is 1. The lowest BCUT2D eigenvalue weighted by Crippen LogP contribution is -2.26. The van der Waals surface area contributed by atoms with Crippen molar-refractivity contribution in [3.05, 3.63) is 57.7 Å². The summed E-state index contributed by atoms with van der Waals surface area (Å²) >= 11 is 3.28. The third-order valence-electron chi connectivity index (χ3n) is 2.91. The van der Waals surface area contributed by atoms with Crippen LogP contribution in [0, 0.1) is 6.92 Å². The molecule has 104 valence electrons. The van der Waals surface area contributed by atoms with E-state index in [0.717, 1.165) is 10.9 Å². The molecule has 0 aliphatic heterocycles. The molecule has 5 heteroatoms. The second kappa shape index (κ2) is 6.52. The van der Waals surface area contributed by atoms with Crippen molar-refractivity contribution >= 4 is 27.7 Å². The van der Waals surface area contributed by atoms with Crippen LogP contribution in [-0.4, -0.2) is 17.4 Å². The molecule has 0 radical (unpaired) electrons. The highest BCUT2D eigenvalue weighted by Crippen LogP contribution is 2.15. The molecule has 20 heavy (non-hydrogen) atoms. The number of anilines is 1. The third kappa shape index (κ3) is 3.81. The summed E-state index contributed by atoms with van der Waals surface area (Å²) in [5.74, 6) is 0.0326. The molecule has 1 aromatic heterocycles. The maximum Gasteiger partial charge on any atom is 0.255 e. The first-order chi connectivity index (χ1) is 9.56. The third-order valence-corrected chi connectivity index (χ3v) is 3.35. The molecule has 0 aliphatic rings. The van der Waals surface area contributed by atoms with Crippen LogP contribution in [0.25, 0.3) is 0 Å². The van der Waals surface area contributed by atoms with Crippen LogP contribution in [-0.2, 0) is 6.42 Å². The monoisotopic (exact) mass is 333 g/mol. The summed E-state index contributed by atoms with van der Waals surface area (Å²) in [5, 5.41) is 2.86. The Balaban J connectivity index is 1.94. The van der Waals surface area contributed by atoms with Gasteiger partial charge < -0.3 is 11.1 Å². The average molecular weight is 334 g/mol. The summed E-state index contributed by atoms with van der Waals surface area (Å²) in [6.45, 7) is 2.62. The molecule has 0 spiro atoms. The van der Waals surface area contributed by atoms with Gasteiger partial charge in [0, 0.05) is 17.2 Å². The number of nitrogen functional groups attached to an aromatic ring is 1. The highest BCUT2D eigenvalue weighted by Gasteiger charge is 2.10. The maximum absolute atomic E-state index is 12.0. The van der Waals surface area contributed by atoms with E-state index in [1.807, 2.05) is 12.1 Å². The SMILES string of the molecule is Cc1cccc(CCNC(=O)c2cc(Br)cnc2N)c1. The molecule has 2 aromatic rings. The first-order valence-corrected chi connectivity index (χ1v) is 7.10. The number of halogens is 1.